The van der Waals surface area contributed by atoms with Crippen molar-refractivity contribution < 1.29 is 9.13 Å². The van der Waals surface area contributed by atoms with Crippen LogP contribution < -0.4 is 9.13 Å². The molecule has 5 heteroatoms. The van der Waals surface area contributed by atoms with E-state index in [0.717, 1.165) is 37.6 Å². The Balaban J connectivity index is 1.41. The van der Waals surface area contributed by atoms with E-state index in [-0.39, 0.29) is 0 Å². The van der Waals surface area contributed by atoms with Gasteiger partial charge in [-0.15, -0.1) is 0 Å². The third-order valence-corrected chi connectivity index (χ3v) is 6.59. The number of hydrogen-bond donors (Lipinski definition) is 0. The number of aryl methyl sites for hydroxylation is 2. The van der Waals surface area contributed by atoms with Gasteiger partial charge < -0.3 is 0 Å². The van der Waals surface area contributed by atoms with Crippen LogP contribution in [0.4, 0.5) is 0 Å². The van der Waals surface area contributed by atoms with Crippen LogP contribution in [0, 0.1) is 0 Å². The molecule has 3 heterocycles. The molecule has 34 heavy (non-hydrogen) atoms. The second-order valence-corrected chi connectivity index (χ2v) is 9.18. The van der Waals surface area contributed by atoms with Gasteiger partial charge in [-0.2, -0.15) is 0 Å². The highest BCUT2D eigenvalue weighted by atomic mass is 15.1. The summed E-state index contributed by atoms with van der Waals surface area (Å²) in [6.07, 6.45) is 9.28. The molecule has 0 spiro atoms. The molecule has 0 atom stereocenters. The van der Waals surface area contributed by atoms with E-state index in [9.17, 15) is 0 Å². The molecule has 5 rings (SSSR count). The molecule has 0 saturated heterocycles. The first-order valence-corrected chi connectivity index (χ1v) is 12.7. The summed E-state index contributed by atoms with van der Waals surface area (Å²) in [4.78, 5) is 5.06. The number of imidazole rings is 2. The van der Waals surface area contributed by atoms with E-state index in [1.54, 1.807) is 0 Å². The summed E-state index contributed by atoms with van der Waals surface area (Å²) >= 11 is 0. The third-order valence-electron chi connectivity index (χ3n) is 6.59. The molecule has 0 aliphatic rings. The molecule has 0 radical (unpaired) electrons. The van der Waals surface area contributed by atoms with Crippen LogP contribution in [0.1, 0.15) is 50.9 Å². The highest BCUT2D eigenvalue weighted by Gasteiger charge is 2.18. The maximum Gasteiger partial charge on any atom is 0.245 e. The second-order valence-electron chi connectivity index (χ2n) is 9.18. The first-order valence-electron chi connectivity index (χ1n) is 12.7. The Kier molecular flexibility index (Phi) is 6.70. The van der Waals surface area contributed by atoms with Crippen LogP contribution in [0.5, 0.6) is 0 Å². The van der Waals surface area contributed by atoms with Crippen LogP contribution in [-0.4, -0.2) is 14.1 Å². The molecule has 174 valence electrons. The van der Waals surface area contributed by atoms with Gasteiger partial charge >= 0.3 is 0 Å². The van der Waals surface area contributed by atoms with Crippen molar-refractivity contribution >= 4 is 22.1 Å². The summed E-state index contributed by atoms with van der Waals surface area (Å²) in [5.74, 6) is 0. The number of rotatable bonds is 10. The summed E-state index contributed by atoms with van der Waals surface area (Å²) in [7, 11) is 0. The molecule has 0 saturated carbocycles. The molecule has 0 unspecified atom stereocenters. The van der Waals surface area contributed by atoms with Crippen molar-refractivity contribution in [3.8, 4) is 0 Å². The molecule has 0 aliphatic heterocycles. The van der Waals surface area contributed by atoms with Crippen molar-refractivity contribution in [2.24, 2.45) is 0 Å². The van der Waals surface area contributed by atoms with Crippen molar-refractivity contribution in [3.05, 3.63) is 90.8 Å². The van der Waals surface area contributed by atoms with Crippen LogP contribution in [0.15, 0.2) is 79.4 Å². The van der Waals surface area contributed by atoms with Gasteiger partial charge in [0.2, 0.25) is 12.7 Å². The zero-order valence-electron chi connectivity index (χ0n) is 20.4. The molecule has 5 nitrogen and oxygen atoms in total. The van der Waals surface area contributed by atoms with Crippen LogP contribution in [0.25, 0.3) is 22.1 Å². The monoisotopic (exact) mass is 453 g/mol. The lowest BCUT2D eigenvalue weighted by Gasteiger charge is -2.03. The first kappa shape index (κ1) is 22.3. The van der Waals surface area contributed by atoms with E-state index in [4.69, 9.17) is 4.98 Å². The fourth-order valence-corrected chi connectivity index (χ4v) is 4.80. The smallest absolute Gasteiger partial charge is 0.245 e. The number of fused-ring (bicyclic) bond motifs is 2. The van der Waals surface area contributed by atoms with Crippen LogP contribution >= 0.6 is 0 Å². The lowest BCUT2D eigenvalue weighted by Crippen LogP contribution is -2.35. The Hall–Kier alpha value is -3.47. The van der Waals surface area contributed by atoms with E-state index in [0.29, 0.717) is 0 Å². The molecule has 0 bridgehead atoms. The van der Waals surface area contributed by atoms with Gasteiger partial charge in [0, 0.05) is 0 Å². The average Bonchev–Trinajstić information content (AvgIpc) is 3.40. The summed E-state index contributed by atoms with van der Waals surface area (Å²) in [5.41, 5.74) is 7.30. The van der Waals surface area contributed by atoms with Crippen molar-refractivity contribution in [2.45, 2.75) is 65.7 Å². The van der Waals surface area contributed by atoms with Gasteiger partial charge in [-0.3, -0.25) is 0 Å². The van der Waals surface area contributed by atoms with E-state index in [1.807, 2.05) is 0 Å². The number of unbranched alkanes of at least 4 members (excludes halogenated alkanes) is 2. The average molecular weight is 454 g/mol. The predicted molar refractivity (Wildman–Crippen MR) is 137 cm³/mol. The quantitative estimate of drug-likeness (QED) is 0.265. The van der Waals surface area contributed by atoms with E-state index in [2.05, 4.69) is 112 Å². The van der Waals surface area contributed by atoms with E-state index >= 15 is 0 Å². The van der Waals surface area contributed by atoms with Gasteiger partial charge in [0.25, 0.3) is 0 Å². The molecule has 2 aromatic carbocycles. The van der Waals surface area contributed by atoms with Crippen molar-refractivity contribution in [1.29, 1.82) is 0 Å². The molecule has 5 aromatic rings. The zero-order valence-corrected chi connectivity index (χ0v) is 20.4. The van der Waals surface area contributed by atoms with E-state index < -0.39 is 0 Å². The lowest BCUT2D eigenvalue weighted by atomic mass is 10.2. The fourth-order valence-electron chi connectivity index (χ4n) is 4.80. The predicted octanol–water partition coefficient (Wildman–Crippen LogP) is 5.26. The van der Waals surface area contributed by atoms with Gasteiger partial charge in [0.05, 0.1) is 24.5 Å². The Morgan fingerprint density at radius 2 is 1.09 bits per heavy atom. The molecular formula is C29H35N5+2. The summed E-state index contributed by atoms with van der Waals surface area (Å²) in [5, 5.41) is 0. The highest BCUT2D eigenvalue weighted by molar-refractivity contribution is 5.72. The normalized spacial score (nSPS) is 11.6. The van der Waals surface area contributed by atoms with Gasteiger partial charge in [-0.1, -0.05) is 57.0 Å². The summed E-state index contributed by atoms with van der Waals surface area (Å²) < 4.78 is 9.43. The summed E-state index contributed by atoms with van der Waals surface area (Å²) in [6, 6.07) is 23.8. The van der Waals surface area contributed by atoms with Gasteiger partial charge in [-0.05, 0) is 49.2 Å². The third kappa shape index (κ3) is 4.60. The highest BCUT2D eigenvalue weighted by Crippen LogP contribution is 2.14. The van der Waals surface area contributed by atoms with Crippen LogP contribution in [-0.2, 0) is 26.2 Å². The maximum atomic E-state index is 5.06. The molecule has 0 fully saturated rings. The zero-order chi connectivity index (χ0) is 23.3. The molecule has 0 aliphatic carbocycles. The standard InChI is InChI=1S/C29H35N5/c1-3-5-18-31-22-33(28-16-9-7-14-26(28)31)20-24-12-11-13-25(30-24)21-34-23-32(19-6-4-2)27-15-8-10-17-29(27)34/h7-17,22-23H,3-6,18-21H2,1-2H3/q+2. The fraction of sp³-hybridized carbons (Fsp3) is 0.345. The lowest BCUT2D eigenvalue weighted by molar-refractivity contribution is -0.665. The SMILES string of the molecule is CCCCn1c[n+](Cc2cccc(C[n+]3cn(CCCC)c4ccccc43)n2)c2ccccc21. The minimum Gasteiger partial charge on any atom is -0.250 e. The number of para-hydroxylation sites is 4. The Morgan fingerprint density at radius 3 is 1.56 bits per heavy atom. The molecule has 0 amide bonds. The number of benzene rings is 2. The Morgan fingerprint density at radius 1 is 0.618 bits per heavy atom. The first-order chi connectivity index (χ1) is 16.8. The Labute approximate surface area is 201 Å². The van der Waals surface area contributed by atoms with Gasteiger partial charge in [0.1, 0.15) is 13.1 Å². The number of hydrogen-bond acceptors (Lipinski definition) is 1. The van der Waals surface area contributed by atoms with E-state index in [1.165, 1.54) is 47.8 Å². The number of pyridine rings is 1. The van der Waals surface area contributed by atoms with Crippen molar-refractivity contribution in [3.63, 3.8) is 0 Å². The topological polar surface area (TPSA) is 30.5 Å². The largest absolute Gasteiger partial charge is 0.250 e. The summed E-state index contributed by atoms with van der Waals surface area (Å²) in [6.45, 7) is 8.14. The molecule has 3 aromatic heterocycles. The second kappa shape index (κ2) is 10.2. The molecular weight excluding hydrogens is 418 g/mol. The van der Waals surface area contributed by atoms with Gasteiger partial charge in [0.15, 0.2) is 22.1 Å². The maximum absolute atomic E-state index is 5.06. The van der Waals surface area contributed by atoms with Gasteiger partial charge in [-0.25, -0.2) is 23.3 Å². The van der Waals surface area contributed by atoms with Crippen LogP contribution in [0.2, 0.25) is 0 Å². The van der Waals surface area contributed by atoms with Crippen LogP contribution in [0.3, 0.4) is 0 Å². The Bertz CT molecular complexity index is 1290. The number of aromatic nitrogens is 5. The van der Waals surface area contributed by atoms with Crippen molar-refractivity contribution in [2.75, 3.05) is 0 Å². The molecule has 0 N–H and O–H groups in total. The van der Waals surface area contributed by atoms with Crippen molar-refractivity contribution in [1.82, 2.24) is 14.1 Å². The minimum atomic E-state index is 0.774. The number of nitrogens with zero attached hydrogens (tertiary/aromatic N) is 5. The minimum absolute atomic E-state index is 0.774.